The summed E-state index contributed by atoms with van der Waals surface area (Å²) >= 11 is 0. The number of guanidine groups is 1. The SMILES string of the molecule is N#CNC1=NC(c2ccccc2)(c2ccccc2)C(=O)N1.O. The standard InChI is InChI=1S/C16H12N4O.H2O/c17-11-18-15-19-14(21)16(20-15,12-7-3-1-4-8-12)13-9-5-2-6-10-13;/h1-10H,(H2,18,19,20,21);1H2. The topological polar surface area (TPSA) is 109 Å². The molecular weight excluding hydrogens is 280 g/mol. The zero-order chi connectivity index (χ0) is 14.7. The molecule has 0 unspecified atom stereocenters. The van der Waals surface area contributed by atoms with E-state index in [4.69, 9.17) is 5.26 Å². The molecule has 2 aromatic carbocycles. The third-order valence-electron chi connectivity index (χ3n) is 3.40. The minimum absolute atomic E-state index is 0. The number of nitriles is 1. The van der Waals surface area contributed by atoms with Crippen LogP contribution in [0.2, 0.25) is 0 Å². The Hall–Kier alpha value is -3.17. The molecule has 4 N–H and O–H groups in total. The molecule has 0 bridgehead atoms. The quantitative estimate of drug-likeness (QED) is 0.627. The van der Waals surface area contributed by atoms with Crippen LogP contribution < -0.4 is 10.6 Å². The number of nitrogens with zero attached hydrogens (tertiary/aromatic N) is 2. The Morgan fingerprint density at radius 1 is 1.00 bits per heavy atom. The first-order valence-electron chi connectivity index (χ1n) is 6.45. The van der Waals surface area contributed by atoms with Crippen LogP contribution in [-0.2, 0) is 10.3 Å². The van der Waals surface area contributed by atoms with Gasteiger partial charge in [-0.15, -0.1) is 0 Å². The highest BCUT2D eigenvalue weighted by Crippen LogP contribution is 2.36. The number of amides is 1. The minimum atomic E-state index is -1.16. The Morgan fingerprint density at radius 3 is 1.95 bits per heavy atom. The van der Waals surface area contributed by atoms with E-state index < -0.39 is 5.54 Å². The van der Waals surface area contributed by atoms with Crippen LogP contribution in [0.25, 0.3) is 0 Å². The first-order valence-corrected chi connectivity index (χ1v) is 6.45. The van der Waals surface area contributed by atoms with E-state index in [0.717, 1.165) is 11.1 Å². The molecule has 0 aromatic heterocycles. The maximum Gasteiger partial charge on any atom is 0.264 e. The molecule has 1 aliphatic heterocycles. The van der Waals surface area contributed by atoms with Gasteiger partial charge in [0.05, 0.1) is 0 Å². The van der Waals surface area contributed by atoms with Gasteiger partial charge in [0.15, 0.2) is 11.7 Å². The number of carbonyl (C=O) groups excluding carboxylic acids is 1. The summed E-state index contributed by atoms with van der Waals surface area (Å²) in [5, 5.41) is 13.7. The predicted octanol–water partition coefficient (Wildman–Crippen LogP) is 0.662. The lowest BCUT2D eigenvalue weighted by Gasteiger charge is -2.24. The van der Waals surface area contributed by atoms with Gasteiger partial charge in [-0.1, -0.05) is 60.7 Å². The van der Waals surface area contributed by atoms with Crippen LogP contribution in [-0.4, -0.2) is 17.3 Å². The molecule has 0 radical (unpaired) electrons. The zero-order valence-electron chi connectivity index (χ0n) is 11.6. The van der Waals surface area contributed by atoms with Crippen molar-refractivity contribution < 1.29 is 10.3 Å². The van der Waals surface area contributed by atoms with Gasteiger partial charge in [0.2, 0.25) is 5.96 Å². The van der Waals surface area contributed by atoms with Crippen LogP contribution >= 0.6 is 0 Å². The highest BCUT2D eigenvalue weighted by Gasteiger charge is 2.46. The summed E-state index contributed by atoms with van der Waals surface area (Å²) in [6.07, 6.45) is 1.78. The molecule has 0 atom stereocenters. The summed E-state index contributed by atoms with van der Waals surface area (Å²) in [6.45, 7) is 0. The molecule has 0 saturated heterocycles. The fourth-order valence-corrected chi connectivity index (χ4v) is 2.47. The maximum absolute atomic E-state index is 12.6. The summed E-state index contributed by atoms with van der Waals surface area (Å²) in [6, 6.07) is 18.6. The smallest absolute Gasteiger partial charge is 0.264 e. The lowest BCUT2D eigenvalue weighted by molar-refractivity contribution is -0.122. The van der Waals surface area contributed by atoms with E-state index >= 15 is 0 Å². The number of benzene rings is 2. The van der Waals surface area contributed by atoms with Gasteiger partial charge in [-0.3, -0.25) is 15.4 Å². The average molecular weight is 294 g/mol. The van der Waals surface area contributed by atoms with Gasteiger partial charge in [-0.2, -0.15) is 5.26 Å². The van der Waals surface area contributed by atoms with Crippen LogP contribution in [0.15, 0.2) is 65.7 Å². The normalized spacial score (nSPS) is 15.0. The van der Waals surface area contributed by atoms with Crippen molar-refractivity contribution in [1.29, 1.82) is 5.26 Å². The molecule has 0 spiro atoms. The largest absolute Gasteiger partial charge is 0.412 e. The number of nitrogens with one attached hydrogen (secondary N) is 2. The molecule has 2 aromatic rings. The van der Waals surface area contributed by atoms with Crippen molar-refractivity contribution in [3.63, 3.8) is 0 Å². The first kappa shape index (κ1) is 15.2. The zero-order valence-corrected chi connectivity index (χ0v) is 11.6. The minimum Gasteiger partial charge on any atom is -0.412 e. The summed E-state index contributed by atoms with van der Waals surface area (Å²) in [5.74, 6) is -0.118. The highest BCUT2D eigenvalue weighted by atomic mass is 16.2. The summed E-state index contributed by atoms with van der Waals surface area (Å²) in [4.78, 5) is 17.1. The van der Waals surface area contributed by atoms with E-state index in [9.17, 15) is 4.79 Å². The molecule has 1 amide bonds. The number of carbonyl (C=O) groups is 1. The Kier molecular flexibility index (Phi) is 4.20. The number of hydrogen-bond donors (Lipinski definition) is 2. The Bertz CT molecular complexity index is 696. The lowest BCUT2D eigenvalue weighted by atomic mass is 9.83. The van der Waals surface area contributed by atoms with Gasteiger partial charge >= 0.3 is 0 Å². The molecule has 0 fully saturated rings. The average Bonchev–Trinajstić information content (AvgIpc) is 2.87. The van der Waals surface area contributed by atoms with Gasteiger partial charge in [-0.25, -0.2) is 4.99 Å². The van der Waals surface area contributed by atoms with E-state index in [0.29, 0.717) is 0 Å². The molecule has 0 saturated carbocycles. The summed E-state index contributed by atoms with van der Waals surface area (Å²) in [5.41, 5.74) is 0.341. The molecule has 1 aliphatic rings. The molecular formula is C16H14N4O2. The third kappa shape index (κ3) is 2.30. The summed E-state index contributed by atoms with van der Waals surface area (Å²) < 4.78 is 0. The fourth-order valence-electron chi connectivity index (χ4n) is 2.47. The monoisotopic (exact) mass is 294 g/mol. The molecule has 22 heavy (non-hydrogen) atoms. The van der Waals surface area contributed by atoms with Crippen molar-refractivity contribution in [3.8, 4) is 6.19 Å². The van der Waals surface area contributed by atoms with Crippen LogP contribution in [0.1, 0.15) is 11.1 Å². The van der Waals surface area contributed by atoms with Crippen molar-refractivity contribution in [2.24, 2.45) is 4.99 Å². The van der Waals surface area contributed by atoms with E-state index in [1.807, 2.05) is 60.7 Å². The number of rotatable bonds is 2. The second-order valence-electron chi connectivity index (χ2n) is 4.59. The molecule has 6 nitrogen and oxygen atoms in total. The lowest BCUT2D eigenvalue weighted by Crippen LogP contribution is -2.40. The van der Waals surface area contributed by atoms with Crippen LogP contribution in [0.3, 0.4) is 0 Å². The van der Waals surface area contributed by atoms with E-state index in [1.165, 1.54) is 0 Å². The number of aliphatic imine (C=N–C) groups is 1. The Morgan fingerprint density at radius 2 is 1.50 bits per heavy atom. The van der Waals surface area contributed by atoms with E-state index in [2.05, 4.69) is 15.6 Å². The molecule has 1 heterocycles. The van der Waals surface area contributed by atoms with Crippen molar-refractivity contribution in [2.45, 2.75) is 5.54 Å². The molecule has 3 rings (SSSR count). The second kappa shape index (κ2) is 6.08. The molecule has 0 aliphatic carbocycles. The van der Waals surface area contributed by atoms with Gasteiger partial charge in [0.25, 0.3) is 5.91 Å². The van der Waals surface area contributed by atoms with Crippen LogP contribution in [0.4, 0.5) is 0 Å². The van der Waals surface area contributed by atoms with Crippen molar-refractivity contribution in [1.82, 2.24) is 10.6 Å². The van der Waals surface area contributed by atoms with Gasteiger partial charge in [-0.05, 0) is 11.1 Å². The summed E-state index contributed by atoms with van der Waals surface area (Å²) in [7, 11) is 0. The predicted molar refractivity (Wildman–Crippen MR) is 81.6 cm³/mol. The Balaban J connectivity index is 0.00000176. The number of hydrogen-bond acceptors (Lipinski definition) is 4. The van der Waals surface area contributed by atoms with Crippen molar-refractivity contribution >= 4 is 11.9 Å². The van der Waals surface area contributed by atoms with Crippen molar-refractivity contribution in [3.05, 3.63) is 71.8 Å². The van der Waals surface area contributed by atoms with E-state index in [-0.39, 0.29) is 17.3 Å². The maximum atomic E-state index is 12.6. The van der Waals surface area contributed by atoms with E-state index in [1.54, 1.807) is 6.19 Å². The van der Waals surface area contributed by atoms with Crippen LogP contribution in [0, 0.1) is 11.5 Å². The Labute approximate surface area is 127 Å². The molecule has 6 heteroatoms. The third-order valence-corrected chi connectivity index (χ3v) is 3.40. The fraction of sp³-hybridized carbons (Fsp3) is 0.0625. The van der Waals surface area contributed by atoms with Crippen LogP contribution in [0.5, 0.6) is 0 Å². The highest BCUT2D eigenvalue weighted by molar-refractivity contribution is 6.10. The first-order chi connectivity index (χ1) is 10.3. The second-order valence-corrected chi connectivity index (χ2v) is 4.59. The van der Waals surface area contributed by atoms with Gasteiger partial charge in [0, 0.05) is 0 Å². The van der Waals surface area contributed by atoms with Gasteiger partial charge in [0.1, 0.15) is 0 Å². The van der Waals surface area contributed by atoms with Crippen molar-refractivity contribution in [2.75, 3.05) is 0 Å². The molecule has 110 valence electrons. The van der Waals surface area contributed by atoms with Gasteiger partial charge < -0.3 is 5.48 Å².